The highest BCUT2D eigenvalue weighted by Crippen LogP contribution is 2.32. The van der Waals surface area contributed by atoms with Gasteiger partial charge in [-0.15, -0.1) is 0 Å². The van der Waals surface area contributed by atoms with Crippen molar-refractivity contribution < 1.29 is 0 Å². The number of allylic oxidation sites excluding steroid dienone is 2. The molecule has 0 N–H and O–H groups in total. The van der Waals surface area contributed by atoms with Crippen molar-refractivity contribution in [3.05, 3.63) is 47.5 Å². The van der Waals surface area contributed by atoms with E-state index in [1.54, 1.807) is 0 Å². The quantitative estimate of drug-likeness (QED) is 0.363. The highest BCUT2D eigenvalue weighted by molar-refractivity contribution is 5.21. The summed E-state index contributed by atoms with van der Waals surface area (Å²) in [7, 11) is 0. The predicted molar refractivity (Wildman–Crippen MR) is 98.2 cm³/mol. The van der Waals surface area contributed by atoms with Crippen molar-refractivity contribution in [2.45, 2.75) is 78.1 Å². The summed E-state index contributed by atoms with van der Waals surface area (Å²) in [6.45, 7) is 4.46. The minimum absolute atomic E-state index is 0.862. The molecule has 1 saturated carbocycles. The van der Waals surface area contributed by atoms with Crippen LogP contribution < -0.4 is 0 Å². The van der Waals surface area contributed by atoms with Crippen LogP contribution >= 0.6 is 0 Å². The molecule has 122 valence electrons. The average Bonchev–Trinajstić information content (AvgIpc) is 2.55. The molecule has 0 nitrogen and oxygen atoms in total. The molecule has 1 aliphatic rings. The fourth-order valence-electron chi connectivity index (χ4n) is 3.65. The van der Waals surface area contributed by atoms with Crippen LogP contribution in [0.5, 0.6) is 0 Å². The first-order chi connectivity index (χ1) is 10.8. The molecule has 0 amide bonds. The van der Waals surface area contributed by atoms with Gasteiger partial charge in [0.05, 0.1) is 0 Å². The Labute approximate surface area is 138 Å². The van der Waals surface area contributed by atoms with E-state index in [4.69, 9.17) is 0 Å². The fraction of sp³-hybridized carbons (Fsp3) is 0.636. The number of hydrogen-bond donors (Lipinski definition) is 0. The zero-order valence-electron chi connectivity index (χ0n) is 14.7. The van der Waals surface area contributed by atoms with E-state index < -0.39 is 0 Å². The highest BCUT2D eigenvalue weighted by Gasteiger charge is 2.18. The van der Waals surface area contributed by atoms with Crippen molar-refractivity contribution in [3.63, 3.8) is 0 Å². The van der Waals surface area contributed by atoms with Crippen LogP contribution in [0.2, 0.25) is 0 Å². The molecule has 0 heterocycles. The first kappa shape index (κ1) is 17.3. The van der Waals surface area contributed by atoms with Crippen LogP contribution in [0, 0.1) is 18.8 Å². The van der Waals surface area contributed by atoms with E-state index >= 15 is 0 Å². The maximum absolute atomic E-state index is 2.51. The smallest absolute Gasteiger partial charge is 0.0233 e. The third-order valence-corrected chi connectivity index (χ3v) is 5.24. The molecule has 1 fully saturated rings. The van der Waals surface area contributed by atoms with Gasteiger partial charge in [0, 0.05) is 0 Å². The van der Waals surface area contributed by atoms with E-state index in [2.05, 4.69) is 50.3 Å². The first-order valence-electron chi connectivity index (χ1n) is 9.50. The first-order valence-corrected chi connectivity index (χ1v) is 9.50. The molecule has 0 unspecified atom stereocenters. The third-order valence-electron chi connectivity index (χ3n) is 5.24. The van der Waals surface area contributed by atoms with Crippen LogP contribution in [-0.2, 0) is 6.42 Å². The molecule has 1 aromatic rings. The van der Waals surface area contributed by atoms with Gasteiger partial charge in [-0.3, -0.25) is 0 Å². The summed E-state index contributed by atoms with van der Waals surface area (Å²) in [5.74, 6) is 1.89. The molecule has 0 spiro atoms. The monoisotopic (exact) mass is 298 g/mol. The maximum atomic E-state index is 2.51. The second kappa shape index (κ2) is 9.87. The van der Waals surface area contributed by atoms with Gasteiger partial charge in [0.15, 0.2) is 0 Å². The van der Waals surface area contributed by atoms with Crippen LogP contribution in [0.15, 0.2) is 36.4 Å². The molecule has 0 aliphatic heterocycles. The Kier molecular flexibility index (Phi) is 7.77. The standard InChI is InChI=1S/C22H34/c1-3-4-5-8-21-15-17-22(18-16-21)10-7-6-9-20-13-11-19(2)12-14-20/h7,10-14,21-22H,3-6,8-9,15-18H2,1-2H3. The van der Waals surface area contributed by atoms with Gasteiger partial charge in [-0.2, -0.15) is 0 Å². The summed E-state index contributed by atoms with van der Waals surface area (Å²) >= 11 is 0. The summed E-state index contributed by atoms with van der Waals surface area (Å²) in [6, 6.07) is 8.98. The van der Waals surface area contributed by atoms with Crippen molar-refractivity contribution in [1.82, 2.24) is 0 Å². The SMILES string of the molecule is CCCCCC1CCC(C=CCCc2ccc(C)cc2)CC1. The van der Waals surface area contributed by atoms with Gasteiger partial charge in [0.25, 0.3) is 0 Å². The number of aryl methyl sites for hydroxylation is 2. The van der Waals surface area contributed by atoms with E-state index in [0.29, 0.717) is 0 Å². The minimum atomic E-state index is 0.862. The molecule has 0 atom stereocenters. The van der Waals surface area contributed by atoms with Gasteiger partial charge in [0.2, 0.25) is 0 Å². The van der Waals surface area contributed by atoms with Crippen molar-refractivity contribution in [2.75, 3.05) is 0 Å². The van der Waals surface area contributed by atoms with Gasteiger partial charge >= 0.3 is 0 Å². The Morgan fingerprint density at radius 3 is 2.41 bits per heavy atom. The lowest BCUT2D eigenvalue weighted by molar-refractivity contribution is 0.289. The third kappa shape index (κ3) is 6.38. The Balaban J connectivity index is 1.60. The van der Waals surface area contributed by atoms with Crippen molar-refractivity contribution >= 4 is 0 Å². The molecule has 1 aromatic carbocycles. The average molecular weight is 299 g/mol. The summed E-state index contributed by atoms with van der Waals surface area (Å²) in [5.41, 5.74) is 2.82. The van der Waals surface area contributed by atoms with Crippen LogP contribution in [0.25, 0.3) is 0 Å². The molecule has 0 bridgehead atoms. The van der Waals surface area contributed by atoms with Gasteiger partial charge in [-0.1, -0.05) is 74.6 Å². The zero-order chi connectivity index (χ0) is 15.6. The minimum Gasteiger partial charge on any atom is -0.0879 e. The molecule has 0 radical (unpaired) electrons. The molecule has 0 aromatic heterocycles. The maximum Gasteiger partial charge on any atom is -0.0233 e. The second-order valence-electron chi connectivity index (χ2n) is 7.23. The number of unbranched alkanes of at least 4 members (excludes halogenated alkanes) is 2. The summed E-state index contributed by atoms with van der Waals surface area (Å²) in [4.78, 5) is 0. The molecule has 0 heteroatoms. The number of benzene rings is 1. The molecule has 0 saturated heterocycles. The lowest BCUT2D eigenvalue weighted by Crippen LogP contribution is -2.13. The Morgan fingerprint density at radius 2 is 1.73 bits per heavy atom. The van der Waals surface area contributed by atoms with Crippen molar-refractivity contribution in [1.29, 1.82) is 0 Å². The lowest BCUT2D eigenvalue weighted by atomic mass is 9.79. The predicted octanol–water partition coefficient (Wildman–Crippen LogP) is 6.87. The second-order valence-corrected chi connectivity index (χ2v) is 7.23. The van der Waals surface area contributed by atoms with Gasteiger partial charge in [0.1, 0.15) is 0 Å². The van der Waals surface area contributed by atoms with E-state index in [-0.39, 0.29) is 0 Å². The number of rotatable bonds is 8. The van der Waals surface area contributed by atoms with E-state index in [1.165, 1.54) is 75.3 Å². The van der Waals surface area contributed by atoms with Crippen molar-refractivity contribution in [3.8, 4) is 0 Å². The summed E-state index contributed by atoms with van der Waals surface area (Å²) in [5, 5.41) is 0. The largest absolute Gasteiger partial charge is 0.0879 e. The van der Waals surface area contributed by atoms with Gasteiger partial charge in [-0.25, -0.2) is 0 Å². The zero-order valence-corrected chi connectivity index (χ0v) is 14.7. The highest BCUT2D eigenvalue weighted by atomic mass is 14.2. The van der Waals surface area contributed by atoms with Crippen LogP contribution in [0.4, 0.5) is 0 Å². The van der Waals surface area contributed by atoms with Crippen LogP contribution in [0.1, 0.15) is 75.8 Å². The molecule has 2 rings (SSSR count). The van der Waals surface area contributed by atoms with Gasteiger partial charge in [-0.05, 0) is 62.8 Å². The van der Waals surface area contributed by atoms with Crippen LogP contribution in [0.3, 0.4) is 0 Å². The topological polar surface area (TPSA) is 0 Å². The van der Waals surface area contributed by atoms with E-state index in [1.807, 2.05) is 0 Å². The van der Waals surface area contributed by atoms with Crippen molar-refractivity contribution in [2.24, 2.45) is 11.8 Å². The van der Waals surface area contributed by atoms with Crippen LogP contribution in [-0.4, -0.2) is 0 Å². The number of hydrogen-bond acceptors (Lipinski definition) is 0. The summed E-state index contributed by atoms with van der Waals surface area (Å²) in [6.07, 6.45) is 18.8. The van der Waals surface area contributed by atoms with Gasteiger partial charge < -0.3 is 0 Å². The molecule has 1 aliphatic carbocycles. The van der Waals surface area contributed by atoms with E-state index in [9.17, 15) is 0 Å². The fourth-order valence-corrected chi connectivity index (χ4v) is 3.65. The molecular weight excluding hydrogens is 264 g/mol. The Bertz CT molecular complexity index is 418. The summed E-state index contributed by atoms with van der Waals surface area (Å²) < 4.78 is 0. The van der Waals surface area contributed by atoms with E-state index in [0.717, 1.165) is 11.8 Å². The Morgan fingerprint density at radius 1 is 1.00 bits per heavy atom. The normalized spacial score (nSPS) is 22.3. The lowest BCUT2D eigenvalue weighted by Gasteiger charge is -2.26. The molecule has 22 heavy (non-hydrogen) atoms. The molecular formula is C22H34. The Hall–Kier alpha value is -1.04.